The highest BCUT2D eigenvalue weighted by molar-refractivity contribution is 6.04. The Kier molecular flexibility index (Phi) is 5.55. The van der Waals surface area contributed by atoms with Crippen LogP contribution in [0, 0.1) is 0 Å². The van der Waals surface area contributed by atoms with Gasteiger partial charge in [0.05, 0.1) is 5.39 Å². The molecule has 1 fully saturated rings. The van der Waals surface area contributed by atoms with Crippen LogP contribution in [0.15, 0.2) is 47.3 Å². The third kappa shape index (κ3) is 3.72. The number of nitrogens with zero attached hydrogens (tertiary/aromatic N) is 3. The van der Waals surface area contributed by atoms with Crippen molar-refractivity contribution in [3.63, 3.8) is 0 Å². The zero-order chi connectivity index (χ0) is 22.1. The van der Waals surface area contributed by atoms with Crippen molar-refractivity contribution < 1.29 is 14.3 Å². The summed E-state index contributed by atoms with van der Waals surface area (Å²) in [7, 11) is 0. The second kappa shape index (κ2) is 8.65. The van der Waals surface area contributed by atoms with Crippen LogP contribution in [0.2, 0.25) is 0 Å². The summed E-state index contributed by atoms with van der Waals surface area (Å²) in [5.41, 5.74) is 1.18. The van der Waals surface area contributed by atoms with Gasteiger partial charge in [0.25, 0.3) is 11.5 Å². The van der Waals surface area contributed by atoms with Gasteiger partial charge >= 0.3 is 0 Å². The fraction of sp³-hybridized carbons (Fsp3) is 0.400. The van der Waals surface area contributed by atoms with Gasteiger partial charge in [0.15, 0.2) is 17.2 Å². The molecule has 1 aliphatic carbocycles. The maximum Gasteiger partial charge on any atom is 0.275 e. The zero-order valence-corrected chi connectivity index (χ0v) is 18.3. The van der Waals surface area contributed by atoms with Gasteiger partial charge in [-0.25, -0.2) is 4.68 Å². The molecule has 0 saturated heterocycles. The van der Waals surface area contributed by atoms with E-state index in [0.29, 0.717) is 35.3 Å². The number of aryl methyl sites for hydroxylation is 1. The van der Waals surface area contributed by atoms with Crippen molar-refractivity contribution >= 4 is 16.7 Å². The van der Waals surface area contributed by atoms with Crippen molar-refractivity contribution in [1.82, 2.24) is 14.7 Å². The highest BCUT2D eigenvalue weighted by Gasteiger charge is 2.30. The summed E-state index contributed by atoms with van der Waals surface area (Å²) in [6, 6.07) is 13.2. The van der Waals surface area contributed by atoms with Gasteiger partial charge in [-0.05, 0) is 43.0 Å². The lowest BCUT2D eigenvalue weighted by Crippen LogP contribution is -2.40. The smallest absolute Gasteiger partial charge is 0.275 e. The van der Waals surface area contributed by atoms with Gasteiger partial charge in [-0.2, -0.15) is 5.10 Å². The van der Waals surface area contributed by atoms with Crippen LogP contribution in [0.1, 0.15) is 55.1 Å². The number of fused-ring (bicyclic) bond motifs is 2. The van der Waals surface area contributed by atoms with Crippen molar-refractivity contribution in [2.75, 3.05) is 6.79 Å². The highest BCUT2D eigenvalue weighted by atomic mass is 16.7. The summed E-state index contributed by atoms with van der Waals surface area (Å²) in [5, 5.41) is 5.70. The fourth-order valence-corrected chi connectivity index (χ4v) is 4.71. The van der Waals surface area contributed by atoms with E-state index in [1.165, 1.54) is 4.68 Å². The van der Waals surface area contributed by atoms with Gasteiger partial charge in [0.2, 0.25) is 6.79 Å². The predicted molar refractivity (Wildman–Crippen MR) is 121 cm³/mol. The summed E-state index contributed by atoms with van der Waals surface area (Å²) in [6.07, 6.45) is 4.94. The molecule has 32 heavy (non-hydrogen) atoms. The fourth-order valence-electron chi connectivity index (χ4n) is 4.71. The van der Waals surface area contributed by atoms with Crippen LogP contribution in [0.5, 0.6) is 11.5 Å². The molecule has 2 aliphatic rings. The van der Waals surface area contributed by atoms with E-state index < -0.39 is 0 Å². The molecular weight excluding hydrogens is 406 g/mol. The van der Waals surface area contributed by atoms with Crippen LogP contribution in [0.25, 0.3) is 10.8 Å². The van der Waals surface area contributed by atoms with Crippen molar-refractivity contribution in [2.24, 2.45) is 0 Å². The van der Waals surface area contributed by atoms with Crippen LogP contribution in [0.4, 0.5) is 0 Å². The van der Waals surface area contributed by atoms with Crippen molar-refractivity contribution in [1.29, 1.82) is 0 Å². The van der Waals surface area contributed by atoms with Gasteiger partial charge in [-0.1, -0.05) is 44.0 Å². The Morgan fingerprint density at radius 3 is 2.62 bits per heavy atom. The molecule has 1 aromatic heterocycles. The van der Waals surface area contributed by atoms with Crippen LogP contribution in [-0.4, -0.2) is 33.4 Å². The molecule has 0 spiro atoms. The van der Waals surface area contributed by atoms with E-state index >= 15 is 0 Å². The molecule has 0 radical (unpaired) electrons. The first-order valence-corrected chi connectivity index (χ1v) is 11.3. The molecule has 0 atom stereocenters. The summed E-state index contributed by atoms with van der Waals surface area (Å²) >= 11 is 0. The Hall–Kier alpha value is -3.35. The standard InChI is InChI=1S/C25H27N3O4/c1-2-13-28-24(29)20-10-6-5-9-19(20)23(26-28)25(30)27(18-7-3-4-8-18)15-17-11-12-21-22(14-17)32-16-31-21/h5-6,9-12,14,18H,2-4,7-8,13,15-16H2,1H3. The lowest BCUT2D eigenvalue weighted by atomic mass is 10.1. The Labute approximate surface area is 186 Å². The van der Waals surface area contributed by atoms with Crippen LogP contribution < -0.4 is 15.0 Å². The third-order valence-electron chi connectivity index (χ3n) is 6.32. The average molecular weight is 434 g/mol. The van der Waals surface area contributed by atoms with Crippen LogP contribution >= 0.6 is 0 Å². The third-order valence-corrected chi connectivity index (χ3v) is 6.32. The maximum absolute atomic E-state index is 13.9. The van der Waals surface area contributed by atoms with Gasteiger partial charge in [0.1, 0.15) is 0 Å². The summed E-state index contributed by atoms with van der Waals surface area (Å²) in [4.78, 5) is 28.7. The Balaban J connectivity index is 1.56. The quantitative estimate of drug-likeness (QED) is 0.585. The second-order valence-electron chi connectivity index (χ2n) is 8.48. The monoisotopic (exact) mass is 433 g/mol. The lowest BCUT2D eigenvalue weighted by Gasteiger charge is -2.29. The van der Waals surface area contributed by atoms with E-state index in [0.717, 1.165) is 43.4 Å². The number of aromatic nitrogens is 2. The Bertz CT molecular complexity index is 1210. The van der Waals surface area contributed by atoms with Crippen LogP contribution in [-0.2, 0) is 13.1 Å². The van der Waals surface area contributed by atoms with E-state index in [2.05, 4.69) is 5.10 Å². The number of hydrogen-bond acceptors (Lipinski definition) is 5. The predicted octanol–water partition coefficient (Wildman–Crippen LogP) is 4.12. The summed E-state index contributed by atoms with van der Waals surface area (Å²) in [5.74, 6) is 1.31. The van der Waals surface area contributed by atoms with E-state index in [9.17, 15) is 9.59 Å². The van der Waals surface area contributed by atoms with E-state index in [4.69, 9.17) is 9.47 Å². The van der Waals surface area contributed by atoms with E-state index in [1.54, 1.807) is 6.07 Å². The molecule has 0 unspecified atom stereocenters. The van der Waals surface area contributed by atoms with E-state index in [1.807, 2.05) is 48.2 Å². The average Bonchev–Trinajstić information content (AvgIpc) is 3.51. The van der Waals surface area contributed by atoms with Gasteiger partial charge in [-0.3, -0.25) is 9.59 Å². The minimum absolute atomic E-state index is 0.129. The first kappa shape index (κ1) is 20.5. The lowest BCUT2D eigenvalue weighted by molar-refractivity contribution is 0.0657. The van der Waals surface area contributed by atoms with Crippen molar-refractivity contribution in [3.05, 3.63) is 64.1 Å². The molecule has 0 N–H and O–H groups in total. The molecule has 2 heterocycles. The molecule has 2 aromatic carbocycles. The Morgan fingerprint density at radius 1 is 1.09 bits per heavy atom. The first-order valence-electron chi connectivity index (χ1n) is 11.3. The number of carbonyl (C=O) groups excluding carboxylic acids is 1. The highest BCUT2D eigenvalue weighted by Crippen LogP contribution is 2.34. The van der Waals surface area contributed by atoms with Gasteiger partial charge in [-0.15, -0.1) is 0 Å². The molecule has 7 heteroatoms. The van der Waals surface area contributed by atoms with Crippen LogP contribution in [0.3, 0.4) is 0 Å². The number of hydrogen-bond donors (Lipinski definition) is 0. The number of rotatable bonds is 6. The second-order valence-corrected chi connectivity index (χ2v) is 8.48. The van der Waals surface area contributed by atoms with Crippen molar-refractivity contribution in [3.8, 4) is 11.5 Å². The summed E-state index contributed by atoms with van der Waals surface area (Å²) in [6.45, 7) is 3.16. The number of benzene rings is 2. The first-order chi connectivity index (χ1) is 15.7. The molecule has 0 bridgehead atoms. The summed E-state index contributed by atoms with van der Waals surface area (Å²) < 4.78 is 12.4. The molecule has 1 amide bonds. The molecule has 1 saturated carbocycles. The van der Waals surface area contributed by atoms with Gasteiger partial charge in [0, 0.05) is 24.5 Å². The normalized spacial score (nSPS) is 15.4. The van der Waals surface area contributed by atoms with Crippen molar-refractivity contribution in [2.45, 2.75) is 58.2 Å². The van der Waals surface area contributed by atoms with E-state index in [-0.39, 0.29) is 24.3 Å². The number of ether oxygens (including phenoxy) is 2. The number of amides is 1. The van der Waals surface area contributed by atoms with Gasteiger partial charge < -0.3 is 14.4 Å². The number of carbonyl (C=O) groups is 1. The Morgan fingerprint density at radius 2 is 1.84 bits per heavy atom. The molecule has 5 rings (SSSR count). The maximum atomic E-state index is 13.9. The largest absolute Gasteiger partial charge is 0.454 e. The minimum Gasteiger partial charge on any atom is -0.454 e. The molecular formula is C25H27N3O4. The minimum atomic E-state index is -0.151. The zero-order valence-electron chi connectivity index (χ0n) is 18.3. The molecule has 7 nitrogen and oxygen atoms in total. The molecule has 166 valence electrons. The SMILES string of the molecule is CCCn1nc(C(=O)N(Cc2ccc3c(c2)OCO3)C2CCCC2)c2ccccc2c1=O. The molecule has 1 aliphatic heterocycles. The molecule has 3 aromatic rings. The topological polar surface area (TPSA) is 73.7 Å².